The molecule has 2 amide bonds. The van der Waals surface area contributed by atoms with E-state index in [1.807, 2.05) is 54.6 Å². The van der Waals surface area contributed by atoms with Crippen molar-refractivity contribution < 1.29 is 9.59 Å². The number of anilines is 1. The molecule has 2 unspecified atom stereocenters. The second-order valence-corrected chi connectivity index (χ2v) is 6.61. The van der Waals surface area contributed by atoms with Gasteiger partial charge in [0.15, 0.2) is 0 Å². The smallest absolute Gasteiger partial charge is 0.245 e. The number of rotatable bonds is 6. The van der Waals surface area contributed by atoms with E-state index in [4.69, 9.17) is 11.5 Å². The SMILES string of the molecule is NC(=O)C1CCCN1Cc1cccc(NC(=O)C(N)c2ccccc2)c1. The van der Waals surface area contributed by atoms with Gasteiger partial charge in [-0.15, -0.1) is 0 Å². The zero-order chi connectivity index (χ0) is 18.5. The van der Waals surface area contributed by atoms with Gasteiger partial charge in [-0.25, -0.2) is 0 Å². The zero-order valence-corrected chi connectivity index (χ0v) is 14.6. The molecule has 0 bridgehead atoms. The molecule has 26 heavy (non-hydrogen) atoms. The number of hydrogen-bond acceptors (Lipinski definition) is 4. The van der Waals surface area contributed by atoms with E-state index in [2.05, 4.69) is 10.2 Å². The molecule has 1 aliphatic heterocycles. The Kier molecular flexibility index (Phi) is 5.65. The molecule has 1 aliphatic rings. The topological polar surface area (TPSA) is 101 Å². The maximum atomic E-state index is 12.4. The molecule has 1 heterocycles. The summed E-state index contributed by atoms with van der Waals surface area (Å²) in [5, 5.41) is 2.87. The lowest BCUT2D eigenvalue weighted by Gasteiger charge is -2.22. The first-order valence-corrected chi connectivity index (χ1v) is 8.78. The molecule has 0 radical (unpaired) electrons. The van der Waals surface area contributed by atoms with Gasteiger partial charge in [0.25, 0.3) is 0 Å². The number of likely N-dealkylation sites (tertiary alicyclic amines) is 1. The zero-order valence-electron chi connectivity index (χ0n) is 14.6. The third kappa shape index (κ3) is 4.28. The lowest BCUT2D eigenvalue weighted by molar-refractivity contribution is -0.122. The summed E-state index contributed by atoms with van der Waals surface area (Å²) in [6.07, 6.45) is 1.77. The summed E-state index contributed by atoms with van der Waals surface area (Å²) < 4.78 is 0. The Labute approximate surface area is 153 Å². The predicted molar refractivity (Wildman–Crippen MR) is 101 cm³/mol. The van der Waals surface area contributed by atoms with E-state index in [9.17, 15) is 9.59 Å². The number of carbonyl (C=O) groups is 2. The normalized spacial score (nSPS) is 18.4. The average Bonchev–Trinajstić information content (AvgIpc) is 3.10. The Hall–Kier alpha value is -2.70. The Bertz CT molecular complexity index is 778. The number of hydrogen-bond donors (Lipinski definition) is 3. The molecule has 0 saturated carbocycles. The monoisotopic (exact) mass is 352 g/mol. The van der Waals surface area contributed by atoms with Crippen molar-refractivity contribution in [3.63, 3.8) is 0 Å². The maximum Gasteiger partial charge on any atom is 0.245 e. The van der Waals surface area contributed by atoms with Gasteiger partial charge in [0, 0.05) is 12.2 Å². The highest BCUT2D eigenvalue weighted by molar-refractivity contribution is 5.95. The number of benzene rings is 2. The second kappa shape index (κ2) is 8.12. The minimum Gasteiger partial charge on any atom is -0.368 e. The maximum absolute atomic E-state index is 12.4. The van der Waals surface area contributed by atoms with Crippen molar-refractivity contribution in [3.05, 3.63) is 65.7 Å². The molecule has 2 aromatic carbocycles. The number of nitrogens with two attached hydrogens (primary N) is 2. The van der Waals surface area contributed by atoms with Crippen LogP contribution in [0.4, 0.5) is 5.69 Å². The molecule has 6 nitrogen and oxygen atoms in total. The van der Waals surface area contributed by atoms with Gasteiger partial charge in [-0.2, -0.15) is 0 Å². The summed E-state index contributed by atoms with van der Waals surface area (Å²) in [5.41, 5.74) is 14.0. The molecule has 0 aromatic heterocycles. The summed E-state index contributed by atoms with van der Waals surface area (Å²) >= 11 is 0. The van der Waals surface area contributed by atoms with Crippen molar-refractivity contribution in [1.82, 2.24) is 4.90 Å². The van der Waals surface area contributed by atoms with E-state index in [1.54, 1.807) is 0 Å². The van der Waals surface area contributed by atoms with Crippen molar-refractivity contribution in [2.45, 2.75) is 31.5 Å². The number of primary amides is 1. The van der Waals surface area contributed by atoms with Gasteiger partial charge >= 0.3 is 0 Å². The lowest BCUT2D eigenvalue weighted by Crippen LogP contribution is -2.39. The average molecular weight is 352 g/mol. The van der Waals surface area contributed by atoms with E-state index in [1.165, 1.54) is 0 Å². The van der Waals surface area contributed by atoms with Crippen molar-refractivity contribution in [2.75, 3.05) is 11.9 Å². The summed E-state index contributed by atoms with van der Waals surface area (Å²) in [6, 6.07) is 15.9. The van der Waals surface area contributed by atoms with Crippen LogP contribution in [0.15, 0.2) is 54.6 Å². The van der Waals surface area contributed by atoms with Gasteiger partial charge < -0.3 is 16.8 Å². The third-order valence-corrected chi connectivity index (χ3v) is 4.71. The first-order valence-electron chi connectivity index (χ1n) is 8.78. The fourth-order valence-corrected chi connectivity index (χ4v) is 3.35. The molecule has 0 spiro atoms. The van der Waals surface area contributed by atoms with Crippen molar-refractivity contribution in [1.29, 1.82) is 0 Å². The molecular formula is C20H24N4O2. The Morgan fingerprint density at radius 3 is 2.65 bits per heavy atom. The minimum atomic E-state index is -0.724. The lowest BCUT2D eigenvalue weighted by atomic mass is 10.1. The van der Waals surface area contributed by atoms with Crippen LogP contribution in [0.25, 0.3) is 0 Å². The van der Waals surface area contributed by atoms with Crippen LogP contribution in [-0.2, 0) is 16.1 Å². The highest BCUT2D eigenvalue weighted by Gasteiger charge is 2.28. The highest BCUT2D eigenvalue weighted by Crippen LogP contribution is 2.21. The highest BCUT2D eigenvalue weighted by atomic mass is 16.2. The molecular weight excluding hydrogens is 328 g/mol. The minimum absolute atomic E-state index is 0.209. The van der Waals surface area contributed by atoms with Crippen LogP contribution in [-0.4, -0.2) is 29.3 Å². The van der Waals surface area contributed by atoms with Crippen LogP contribution < -0.4 is 16.8 Å². The van der Waals surface area contributed by atoms with Crippen LogP contribution in [0, 0.1) is 0 Å². The van der Waals surface area contributed by atoms with E-state index in [0.29, 0.717) is 12.2 Å². The first kappa shape index (κ1) is 18.1. The Morgan fingerprint density at radius 2 is 1.92 bits per heavy atom. The fraction of sp³-hybridized carbons (Fsp3) is 0.300. The predicted octanol–water partition coefficient (Wildman–Crippen LogP) is 1.77. The quantitative estimate of drug-likeness (QED) is 0.737. The molecule has 2 atom stereocenters. The van der Waals surface area contributed by atoms with Crippen LogP contribution >= 0.6 is 0 Å². The molecule has 3 rings (SSSR count). The molecule has 2 aromatic rings. The summed E-state index contributed by atoms with van der Waals surface area (Å²) in [7, 11) is 0. The van der Waals surface area contributed by atoms with Gasteiger partial charge in [0.05, 0.1) is 6.04 Å². The first-order chi connectivity index (χ1) is 12.5. The van der Waals surface area contributed by atoms with E-state index < -0.39 is 6.04 Å². The second-order valence-electron chi connectivity index (χ2n) is 6.61. The van der Waals surface area contributed by atoms with Gasteiger partial charge in [-0.05, 0) is 42.6 Å². The van der Waals surface area contributed by atoms with Gasteiger partial charge in [0.2, 0.25) is 11.8 Å². The van der Waals surface area contributed by atoms with Crippen LogP contribution in [0.5, 0.6) is 0 Å². The largest absolute Gasteiger partial charge is 0.368 e. The van der Waals surface area contributed by atoms with Crippen molar-refractivity contribution in [3.8, 4) is 0 Å². The molecule has 6 heteroatoms. The number of nitrogens with one attached hydrogen (secondary N) is 1. The third-order valence-electron chi connectivity index (χ3n) is 4.71. The Morgan fingerprint density at radius 1 is 1.15 bits per heavy atom. The number of carbonyl (C=O) groups excluding carboxylic acids is 2. The molecule has 1 saturated heterocycles. The summed E-state index contributed by atoms with van der Waals surface area (Å²) in [6.45, 7) is 1.48. The van der Waals surface area contributed by atoms with E-state index >= 15 is 0 Å². The number of amides is 2. The van der Waals surface area contributed by atoms with E-state index in [-0.39, 0.29) is 17.9 Å². The van der Waals surface area contributed by atoms with E-state index in [0.717, 1.165) is 30.5 Å². The Balaban J connectivity index is 1.66. The van der Waals surface area contributed by atoms with Gasteiger partial charge in [-0.1, -0.05) is 42.5 Å². The van der Waals surface area contributed by atoms with Crippen LogP contribution in [0.3, 0.4) is 0 Å². The van der Waals surface area contributed by atoms with Crippen LogP contribution in [0.2, 0.25) is 0 Å². The van der Waals surface area contributed by atoms with Gasteiger partial charge in [0.1, 0.15) is 6.04 Å². The number of nitrogens with zero attached hydrogens (tertiary/aromatic N) is 1. The van der Waals surface area contributed by atoms with Crippen molar-refractivity contribution >= 4 is 17.5 Å². The molecule has 5 N–H and O–H groups in total. The molecule has 136 valence electrons. The summed E-state index contributed by atoms with van der Waals surface area (Å²) in [5.74, 6) is -0.537. The summed E-state index contributed by atoms with van der Waals surface area (Å²) in [4.78, 5) is 26.0. The van der Waals surface area contributed by atoms with Crippen LogP contribution in [0.1, 0.15) is 30.0 Å². The van der Waals surface area contributed by atoms with Gasteiger partial charge in [-0.3, -0.25) is 14.5 Å². The van der Waals surface area contributed by atoms with Crippen molar-refractivity contribution in [2.24, 2.45) is 11.5 Å². The molecule has 1 fully saturated rings. The fourth-order valence-electron chi connectivity index (χ4n) is 3.35. The molecule has 0 aliphatic carbocycles. The standard InChI is InChI=1S/C20H24N4O2/c21-18(15-7-2-1-3-8-15)20(26)23-16-9-4-6-14(12-16)13-24-11-5-10-17(24)19(22)25/h1-4,6-9,12,17-18H,5,10-11,13,21H2,(H2,22,25)(H,23,26).